The summed E-state index contributed by atoms with van der Waals surface area (Å²) in [7, 11) is -1.33. The lowest BCUT2D eigenvalue weighted by Crippen LogP contribution is -2.50. The summed E-state index contributed by atoms with van der Waals surface area (Å²) in [6, 6.07) is 13.4. The van der Waals surface area contributed by atoms with E-state index in [1.807, 2.05) is 0 Å². The molecule has 2 aromatic heterocycles. The van der Waals surface area contributed by atoms with E-state index in [1.54, 1.807) is 58.3 Å². The molecule has 30 heavy (non-hydrogen) atoms. The molecule has 1 saturated heterocycles. The van der Waals surface area contributed by atoms with Gasteiger partial charge in [0.2, 0.25) is 0 Å². The molecule has 0 radical (unpaired) electrons. The summed E-state index contributed by atoms with van der Waals surface area (Å²) in [5, 5.41) is 0.515. The maximum Gasteiger partial charge on any atom is 0.289 e. The first-order valence-electron chi connectivity index (χ1n) is 9.36. The molecule has 9 heteroatoms. The second kappa shape index (κ2) is 8.89. The predicted octanol–water partition coefficient (Wildman–Crippen LogP) is 3.43. The van der Waals surface area contributed by atoms with Crippen LogP contribution < -0.4 is 0 Å². The molecule has 1 aliphatic rings. The minimum atomic E-state index is -1.33. The first kappa shape index (κ1) is 20.4. The third-order valence-corrected chi connectivity index (χ3v) is 6.35. The van der Waals surface area contributed by atoms with Crippen LogP contribution in [0.2, 0.25) is 5.02 Å². The van der Waals surface area contributed by atoms with Gasteiger partial charge in [-0.15, -0.1) is 0 Å². The highest BCUT2D eigenvalue weighted by atomic mass is 35.5. The van der Waals surface area contributed by atoms with Crippen molar-refractivity contribution in [2.24, 2.45) is 0 Å². The fraction of sp³-hybridized carbons (Fsp3) is 0.238. The van der Waals surface area contributed by atoms with Crippen LogP contribution in [-0.2, 0) is 16.6 Å². The topological polar surface area (TPSA) is 84.0 Å². The fourth-order valence-electron chi connectivity index (χ4n) is 3.22. The molecule has 156 valence electrons. The Labute approximate surface area is 180 Å². The molecule has 0 saturated carbocycles. The zero-order valence-corrected chi connectivity index (χ0v) is 17.5. The smallest absolute Gasteiger partial charge is 0.289 e. The van der Waals surface area contributed by atoms with Gasteiger partial charge in [0.05, 0.1) is 22.8 Å². The van der Waals surface area contributed by atoms with Crippen LogP contribution in [0.25, 0.3) is 0 Å². The zero-order valence-electron chi connectivity index (χ0n) is 16.0. The predicted molar refractivity (Wildman–Crippen MR) is 111 cm³/mol. The Morgan fingerprint density at radius 1 is 0.933 bits per heavy atom. The summed E-state index contributed by atoms with van der Waals surface area (Å²) < 4.78 is 23.3. The number of furan rings is 2. The highest BCUT2D eigenvalue weighted by Gasteiger charge is 2.28. The quantitative estimate of drug-likeness (QED) is 0.599. The summed E-state index contributed by atoms with van der Waals surface area (Å²) in [6.07, 6.45) is 1.46. The van der Waals surface area contributed by atoms with Gasteiger partial charge in [0, 0.05) is 36.1 Å². The van der Waals surface area contributed by atoms with Gasteiger partial charge in [-0.05, 0) is 42.5 Å². The average Bonchev–Trinajstić information content (AvgIpc) is 3.45. The highest BCUT2D eigenvalue weighted by molar-refractivity contribution is 7.84. The van der Waals surface area contributed by atoms with E-state index in [1.165, 1.54) is 6.26 Å². The first-order chi connectivity index (χ1) is 14.5. The Kier molecular flexibility index (Phi) is 6.06. The van der Waals surface area contributed by atoms with Gasteiger partial charge in [-0.25, -0.2) is 0 Å². The number of carbonyl (C=O) groups excluding carboxylic acids is 2. The number of nitrogens with zero attached hydrogens (tertiary/aromatic N) is 2. The SMILES string of the molecule is O=C(c1ccco1)N1CCN(C(=O)c2ccc(C[S@](=O)c3cccc(Cl)c3)o2)CC1. The lowest BCUT2D eigenvalue weighted by molar-refractivity contribution is 0.0501. The minimum absolute atomic E-state index is 0.152. The van der Waals surface area contributed by atoms with Crippen LogP contribution in [0.4, 0.5) is 0 Å². The largest absolute Gasteiger partial charge is 0.459 e. The summed E-state index contributed by atoms with van der Waals surface area (Å²) in [4.78, 5) is 29.0. The number of hydrogen-bond acceptors (Lipinski definition) is 5. The number of benzene rings is 1. The van der Waals surface area contributed by atoms with E-state index in [4.69, 9.17) is 20.4 Å². The Morgan fingerprint density at radius 3 is 2.27 bits per heavy atom. The van der Waals surface area contributed by atoms with E-state index in [-0.39, 0.29) is 29.1 Å². The molecule has 0 aliphatic carbocycles. The molecular weight excluding hydrogens is 428 g/mol. The molecule has 3 heterocycles. The van der Waals surface area contributed by atoms with Crippen LogP contribution in [0.1, 0.15) is 26.9 Å². The molecule has 0 unspecified atom stereocenters. The number of halogens is 1. The molecule has 7 nitrogen and oxygen atoms in total. The van der Waals surface area contributed by atoms with Gasteiger partial charge >= 0.3 is 0 Å². The molecule has 1 atom stereocenters. The highest BCUT2D eigenvalue weighted by Crippen LogP contribution is 2.19. The van der Waals surface area contributed by atoms with Crippen LogP contribution >= 0.6 is 11.6 Å². The summed E-state index contributed by atoms with van der Waals surface area (Å²) >= 11 is 5.94. The van der Waals surface area contributed by atoms with Gasteiger partial charge in [-0.2, -0.15) is 0 Å². The molecule has 3 aromatic rings. The standard InChI is InChI=1S/C21H19ClN2O5S/c22-15-3-1-4-17(13-15)30(27)14-16-6-7-19(29-16)21(26)24-10-8-23(9-11-24)20(25)18-5-2-12-28-18/h1-7,12-13H,8-11,14H2/t30-/m0/s1. The average molecular weight is 447 g/mol. The number of amides is 2. The maximum absolute atomic E-state index is 12.7. The zero-order chi connectivity index (χ0) is 21.1. The molecule has 4 rings (SSSR count). The molecular formula is C21H19ClN2O5S. The Bertz CT molecular complexity index is 1070. The van der Waals surface area contributed by atoms with Crippen LogP contribution in [-0.4, -0.2) is 52.0 Å². The fourth-order valence-corrected chi connectivity index (χ4v) is 4.54. The van der Waals surface area contributed by atoms with Gasteiger partial charge in [-0.1, -0.05) is 17.7 Å². The minimum Gasteiger partial charge on any atom is -0.459 e. The van der Waals surface area contributed by atoms with Gasteiger partial charge in [0.1, 0.15) is 5.76 Å². The molecule has 0 spiro atoms. The van der Waals surface area contributed by atoms with Crippen molar-refractivity contribution < 1.29 is 22.6 Å². The number of rotatable bonds is 5. The van der Waals surface area contributed by atoms with Crippen LogP contribution in [0.15, 0.2) is 68.5 Å². The third-order valence-electron chi connectivity index (χ3n) is 4.79. The van der Waals surface area contributed by atoms with E-state index < -0.39 is 10.8 Å². The summed E-state index contributed by atoms with van der Waals surface area (Å²) in [5.41, 5.74) is 0. The van der Waals surface area contributed by atoms with Crippen molar-refractivity contribution in [3.63, 3.8) is 0 Å². The summed E-state index contributed by atoms with van der Waals surface area (Å²) in [6.45, 7) is 1.63. The summed E-state index contributed by atoms with van der Waals surface area (Å²) in [5.74, 6) is 0.662. The molecule has 1 aromatic carbocycles. The number of hydrogen-bond donors (Lipinski definition) is 0. The molecule has 0 bridgehead atoms. The van der Waals surface area contributed by atoms with Crippen molar-refractivity contribution in [3.05, 3.63) is 77.1 Å². The Balaban J connectivity index is 1.34. The second-order valence-corrected chi connectivity index (χ2v) is 8.66. The molecule has 2 amide bonds. The van der Waals surface area contributed by atoms with Crippen LogP contribution in [0.3, 0.4) is 0 Å². The van der Waals surface area contributed by atoms with E-state index in [9.17, 15) is 13.8 Å². The Morgan fingerprint density at radius 2 is 1.63 bits per heavy atom. The van der Waals surface area contributed by atoms with Crippen molar-refractivity contribution in [1.82, 2.24) is 9.80 Å². The van der Waals surface area contributed by atoms with Crippen molar-refractivity contribution in [1.29, 1.82) is 0 Å². The second-order valence-electron chi connectivity index (χ2n) is 6.77. The van der Waals surface area contributed by atoms with Crippen molar-refractivity contribution >= 4 is 34.2 Å². The lowest BCUT2D eigenvalue weighted by atomic mass is 10.2. The van der Waals surface area contributed by atoms with Crippen molar-refractivity contribution in [2.75, 3.05) is 26.2 Å². The van der Waals surface area contributed by atoms with Gasteiger partial charge in [-0.3, -0.25) is 13.8 Å². The van der Waals surface area contributed by atoms with E-state index in [2.05, 4.69) is 0 Å². The van der Waals surface area contributed by atoms with Crippen molar-refractivity contribution in [2.45, 2.75) is 10.6 Å². The van der Waals surface area contributed by atoms with E-state index in [0.29, 0.717) is 41.9 Å². The van der Waals surface area contributed by atoms with Crippen molar-refractivity contribution in [3.8, 4) is 0 Å². The van der Waals surface area contributed by atoms with Crippen LogP contribution in [0, 0.1) is 0 Å². The van der Waals surface area contributed by atoms with Gasteiger partial charge < -0.3 is 18.6 Å². The molecule has 1 aliphatic heterocycles. The molecule has 0 N–H and O–H groups in total. The van der Waals surface area contributed by atoms with E-state index >= 15 is 0 Å². The third kappa shape index (κ3) is 4.49. The van der Waals surface area contributed by atoms with Gasteiger partial charge in [0.15, 0.2) is 11.5 Å². The normalized spacial score (nSPS) is 15.2. The first-order valence-corrected chi connectivity index (χ1v) is 11.1. The van der Waals surface area contributed by atoms with Crippen LogP contribution in [0.5, 0.6) is 0 Å². The lowest BCUT2D eigenvalue weighted by Gasteiger charge is -2.33. The maximum atomic E-state index is 12.7. The molecule has 1 fully saturated rings. The Hall–Kier alpha value is -2.84. The number of carbonyl (C=O) groups is 2. The monoisotopic (exact) mass is 446 g/mol. The number of piperazine rings is 1. The van der Waals surface area contributed by atoms with Gasteiger partial charge in [0.25, 0.3) is 11.8 Å². The van der Waals surface area contributed by atoms with E-state index in [0.717, 1.165) is 0 Å².